The van der Waals surface area contributed by atoms with E-state index in [1.165, 1.54) is 147 Å². The Kier molecular flexibility index (Phi) is 29.7. The second-order valence-electron chi connectivity index (χ2n) is 11.5. The number of hydrogen-bond acceptors (Lipinski definition) is 3. The molecule has 4 nitrogen and oxygen atoms in total. The van der Waals surface area contributed by atoms with Crippen LogP contribution in [0.4, 0.5) is 0 Å². The van der Waals surface area contributed by atoms with Crippen LogP contribution in [0.3, 0.4) is 0 Å². The van der Waals surface area contributed by atoms with Crippen molar-refractivity contribution in [2.24, 2.45) is 5.92 Å². The van der Waals surface area contributed by atoms with E-state index in [0.717, 1.165) is 6.42 Å². The highest BCUT2D eigenvalue weighted by molar-refractivity contribution is 5.78. The van der Waals surface area contributed by atoms with Crippen LogP contribution >= 0.6 is 0 Å². The molecule has 0 fully saturated rings. The fourth-order valence-corrected chi connectivity index (χ4v) is 5.13. The number of rotatable bonds is 31. The van der Waals surface area contributed by atoms with Crippen molar-refractivity contribution in [1.29, 1.82) is 0 Å². The van der Waals surface area contributed by atoms with E-state index >= 15 is 0 Å². The van der Waals surface area contributed by atoms with Crippen molar-refractivity contribution in [3.05, 3.63) is 24.8 Å². The highest BCUT2D eigenvalue weighted by Gasteiger charge is 2.21. The Hall–Kier alpha value is -1.58. The molecule has 0 spiro atoms. The van der Waals surface area contributed by atoms with E-state index in [4.69, 9.17) is 4.74 Å². The number of carbonyl (C=O) groups is 2. The molecule has 1 N–H and O–H groups in total. The molecule has 228 valence electrons. The number of ether oxygens (including phenoxy) is 1. The van der Waals surface area contributed by atoms with Gasteiger partial charge in [-0.15, -0.1) is 0 Å². The Labute approximate surface area is 242 Å². The lowest BCUT2D eigenvalue weighted by atomic mass is 9.99. The summed E-state index contributed by atoms with van der Waals surface area (Å²) < 4.78 is 4.89. The van der Waals surface area contributed by atoms with Crippen LogP contribution in [0.2, 0.25) is 0 Å². The lowest BCUT2D eigenvalue weighted by molar-refractivity contribution is -0.151. The minimum Gasteiger partial charge on any atom is -0.481 e. The Morgan fingerprint density at radius 3 is 1.41 bits per heavy atom. The number of unbranched alkanes of at least 4 members (excludes halogenated alkanes) is 22. The predicted octanol–water partition coefficient (Wildman–Crippen LogP) is 11.1. The topological polar surface area (TPSA) is 63.6 Å². The molecule has 0 radical (unpaired) electrons. The molecular formula is C35H64O4. The third-order valence-corrected chi connectivity index (χ3v) is 7.70. The maximum Gasteiger partial charge on any atom is 0.307 e. The van der Waals surface area contributed by atoms with E-state index in [0.29, 0.717) is 12.8 Å². The maximum atomic E-state index is 11.6. The normalized spacial score (nSPS) is 12.1. The first-order valence-electron chi connectivity index (χ1n) is 16.8. The van der Waals surface area contributed by atoms with Crippen LogP contribution in [0.5, 0.6) is 0 Å². The molecule has 0 aliphatic heterocycles. The molecule has 0 saturated carbocycles. The predicted molar refractivity (Wildman–Crippen MR) is 167 cm³/mol. The van der Waals surface area contributed by atoms with Crippen molar-refractivity contribution < 1.29 is 19.4 Å². The van der Waals surface area contributed by atoms with Gasteiger partial charge in [0, 0.05) is 0 Å². The molecule has 0 aromatic carbocycles. The van der Waals surface area contributed by atoms with Gasteiger partial charge in [-0.25, -0.2) is 0 Å². The molecule has 4 heteroatoms. The monoisotopic (exact) mass is 548 g/mol. The number of hydrogen-bond donors (Lipinski definition) is 1. The number of aliphatic carboxylic acids is 1. The smallest absolute Gasteiger partial charge is 0.307 e. The van der Waals surface area contributed by atoms with Crippen molar-refractivity contribution in [3.8, 4) is 0 Å². The van der Waals surface area contributed by atoms with E-state index in [2.05, 4.69) is 25.7 Å². The molecule has 1 unspecified atom stereocenters. The van der Waals surface area contributed by atoms with Crippen LogP contribution in [-0.2, 0) is 14.3 Å². The first-order chi connectivity index (χ1) is 19.1. The molecule has 0 saturated heterocycles. The van der Waals surface area contributed by atoms with Crippen LogP contribution in [0.1, 0.15) is 174 Å². The largest absolute Gasteiger partial charge is 0.481 e. The zero-order valence-corrected chi connectivity index (χ0v) is 25.8. The van der Waals surface area contributed by atoms with Crippen molar-refractivity contribution in [2.75, 3.05) is 6.61 Å². The Bertz CT molecular complexity index is 583. The van der Waals surface area contributed by atoms with Crippen molar-refractivity contribution in [1.82, 2.24) is 0 Å². The van der Waals surface area contributed by atoms with Crippen molar-refractivity contribution >= 4 is 11.9 Å². The minimum absolute atomic E-state index is 0.0730. The van der Waals surface area contributed by atoms with Gasteiger partial charge in [0.05, 0.1) is 12.3 Å². The Morgan fingerprint density at radius 2 is 1.03 bits per heavy atom. The lowest BCUT2D eigenvalue weighted by Gasteiger charge is -2.10. The highest BCUT2D eigenvalue weighted by atomic mass is 16.5. The maximum absolute atomic E-state index is 11.6. The minimum atomic E-state index is -0.932. The molecule has 39 heavy (non-hydrogen) atoms. The standard InChI is InChI=1S/C35H64O4/c1-3-5-6-7-8-9-10-11-12-13-14-15-16-17-18-19-20-21-22-23-24-25-26-27-28-29-30-33(35(37)38)32-34(36)39-31-4-2/h4,27-28,33H,2-3,5-26,29-32H2,1H3,(H,37,38)/b28-27+. The number of carboxylic acid groups (broad SMARTS) is 1. The van der Waals surface area contributed by atoms with Gasteiger partial charge in [-0.1, -0.05) is 167 Å². The molecule has 0 rings (SSSR count). The second kappa shape index (κ2) is 31.0. The molecule has 0 aromatic rings. The van der Waals surface area contributed by atoms with Gasteiger partial charge in [0.2, 0.25) is 0 Å². The molecule has 0 aliphatic carbocycles. The fourth-order valence-electron chi connectivity index (χ4n) is 5.13. The van der Waals surface area contributed by atoms with Gasteiger partial charge in [-0.3, -0.25) is 9.59 Å². The van der Waals surface area contributed by atoms with Gasteiger partial charge in [0.15, 0.2) is 0 Å². The summed E-state index contributed by atoms with van der Waals surface area (Å²) in [6.45, 7) is 5.90. The summed E-state index contributed by atoms with van der Waals surface area (Å²) in [5.74, 6) is -2.08. The third kappa shape index (κ3) is 29.2. The van der Waals surface area contributed by atoms with Gasteiger partial charge in [0.1, 0.15) is 6.61 Å². The fraction of sp³-hybridized carbons (Fsp3) is 0.829. The van der Waals surface area contributed by atoms with Gasteiger partial charge in [0.25, 0.3) is 0 Å². The van der Waals surface area contributed by atoms with Gasteiger partial charge in [-0.2, -0.15) is 0 Å². The van der Waals surface area contributed by atoms with E-state index < -0.39 is 17.9 Å². The lowest BCUT2D eigenvalue weighted by Crippen LogP contribution is -2.19. The van der Waals surface area contributed by atoms with Gasteiger partial charge in [-0.05, 0) is 25.7 Å². The molecule has 0 aromatic heterocycles. The van der Waals surface area contributed by atoms with E-state index in [1.54, 1.807) is 0 Å². The van der Waals surface area contributed by atoms with Crippen LogP contribution in [0, 0.1) is 5.92 Å². The van der Waals surface area contributed by atoms with E-state index in [1.807, 2.05) is 0 Å². The third-order valence-electron chi connectivity index (χ3n) is 7.70. The first-order valence-corrected chi connectivity index (χ1v) is 16.8. The molecule has 0 heterocycles. The Balaban J connectivity index is 3.34. The average molecular weight is 549 g/mol. The van der Waals surface area contributed by atoms with Crippen molar-refractivity contribution in [3.63, 3.8) is 0 Å². The number of carbonyl (C=O) groups excluding carboxylic acids is 1. The van der Waals surface area contributed by atoms with Gasteiger partial charge >= 0.3 is 11.9 Å². The number of carboxylic acids is 1. The summed E-state index contributed by atoms with van der Waals surface area (Å²) in [6.07, 6.45) is 38.7. The van der Waals surface area contributed by atoms with Crippen LogP contribution in [0.25, 0.3) is 0 Å². The second-order valence-corrected chi connectivity index (χ2v) is 11.5. The summed E-state index contributed by atoms with van der Waals surface area (Å²) in [5.41, 5.74) is 0. The molecule has 0 aliphatic rings. The highest BCUT2D eigenvalue weighted by Crippen LogP contribution is 2.16. The average Bonchev–Trinajstić information content (AvgIpc) is 2.93. The van der Waals surface area contributed by atoms with Gasteiger partial charge < -0.3 is 9.84 Å². The van der Waals surface area contributed by atoms with Crippen LogP contribution in [-0.4, -0.2) is 23.7 Å². The summed E-state index contributed by atoms with van der Waals surface area (Å²) in [4.78, 5) is 22.9. The van der Waals surface area contributed by atoms with Crippen molar-refractivity contribution in [2.45, 2.75) is 174 Å². The Morgan fingerprint density at radius 1 is 0.641 bits per heavy atom. The molecule has 0 bridgehead atoms. The van der Waals surface area contributed by atoms with Crippen LogP contribution in [0.15, 0.2) is 24.8 Å². The zero-order chi connectivity index (χ0) is 28.7. The molecule has 1 atom stereocenters. The van der Waals surface area contributed by atoms with E-state index in [-0.39, 0.29) is 13.0 Å². The zero-order valence-electron chi connectivity index (χ0n) is 25.8. The van der Waals surface area contributed by atoms with E-state index in [9.17, 15) is 14.7 Å². The summed E-state index contributed by atoms with van der Waals surface area (Å²) in [7, 11) is 0. The first kappa shape index (κ1) is 37.4. The number of esters is 1. The summed E-state index contributed by atoms with van der Waals surface area (Å²) >= 11 is 0. The number of allylic oxidation sites excluding steroid dienone is 2. The summed E-state index contributed by atoms with van der Waals surface area (Å²) in [6, 6.07) is 0. The molecule has 0 amide bonds. The SMILES string of the molecule is C=CCOC(=O)CC(CC/C=C/CCCCCCCCCCCCCCCCCCCCCCCC)C(=O)O. The summed E-state index contributed by atoms with van der Waals surface area (Å²) in [5, 5.41) is 9.29. The van der Waals surface area contributed by atoms with Crippen LogP contribution < -0.4 is 0 Å². The quantitative estimate of drug-likeness (QED) is 0.0531. The molecular weight excluding hydrogens is 484 g/mol.